The SMILES string of the molecule is CC.OCCCC1CCCC(CCC(F)(F)F)C1. The summed E-state index contributed by atoms with van der Waals surface area (Å²) in [5.41, 5.74) is 0. The Kier molecular flexibility index (Phi) is 9.52. The monoisotopic (exact) mass is 268 g/mol. The van der Waals surface area contributed by atoms with E-state index in [0.29, 0.717) is 12.3 Å². The second-order valence-corrected chi connectivity index (χ2v) is 4.92. The van der Waals surface area contributed by atoms with Crippen LogP contribution in [-0.4, -0.2) is 17.9 Å². The zero-order chi connectivity index (χ0) is 14.0. The van der Waals surface area contributed by atoms with Crippen molar-refractivity contribution in [3.63, 3.8) is 0 Å². The van der Waals surface area contributed by atoms with Crippen LogP contribution in [-0.2, 0) is 0 Å². The van der Waals surface area contributed by atoms with Gasteiger partial charge in [0.05, 0.1) is 0 Å². The van der Waals surface area contributed by atoms with E-state index in [9.17, 15) is 13.2 Å². The smallest absolute Gasteiger partial charge is 0.389 e. The Morgan fingerprint density at radius 2 is 1.61 bits per heavy atom. The number of halogens is 3. The summed E-state index contributed by atoms with van der Waals surface area (Å²) in [5.74, 6) is 0.790. The molecule has 0 spiro atoms. The molecule has 0 radical (unpaired) electrons. The van der Waals surface area contributed by atoms with Gasteiger partial charge in [0.15, 0.2) is 0 Å². The fraction of sp³-hybridized carbons (Fsp3) is 1.00. The van der Waals surface area contributed by atoms with Crippen LogP contribution in [0.25, 0.3) is 0 Å². The third-order valence-corrected chi connectivity index (χ3v) is 3.50. The van der Waals surface area contributed by atoms with Crippen molar-refractivity contribution in [1.29, 1.82) is 0 Å². The summed E-state index contributed by atoms with van der Waals surface area (Å²) in [4.78, 5) is 0. The summed E-state index contributed by atoms with van der Waals surface area (Å²) < 4.78 is 36.2. The van der Waals surface area contributed by atoms with Gasteiger partial charge in [0, 0.05) is 13.0 Å². The molecule has 0 saturated heterocycles. The first-order valence-corrected chi connectivity index (χ1v) is 7.19. The predicted molar refractivity (Wildman–Crippen MR) is 68.4 cm³/mol. The average molecular weight is 268 g/mol. The Bertz CT molecular complexity index is 192. The van der Waals surface area contributed by atoms with Crippen LogP contribution in [0.2, 0.25) is 0 Å². The summed E-state index contributed by atoms with van der Waals surface area (Å²) >= 11 is 0. The minimum absolute atomic E-state index is 0.198. The summed E-state index contributed by atoms with van der Waals surface area (Å²) in [5, 5.41) is 8.72. The van der Waals surface area contributed by atoms with Gasteiger partial charge in [-0.2, -0.15) is 13.2 Å². The van der Waals surface area contributed by atoms with Gasteiger partial charge < -0.3 is 5.11 Å². The van der Waals surface area contributed by atoms with Gasteiger partial charge in [0.2, 0.25) is 0 Å². The van der Waals surface area contributed by atoms with Crippen LogP contribution >= 0.6 is 0 Å². The van der Waals surface area contributed by atoms with E-state index in [1.165, 1.54) is 0 Å². The maximum Gasteiger partial charge on any atom is 0.389 e. The second kappa shape index (κ2) is 9.65. The molecule has 1 aliphatic rings. The summed E-state index contributed by atoms with van der Waals surface area (Å²) in [6.45, 7) is 4.20. The fourth-order valence-corrected chi connectivity index (χ4v) is 2.67. The van der Waals surface area contributed by atoms with Crippen molar-refractivity contribution in [3.05, 3.63) is 0 Å². The van der Waals surface area contributed by atoms with Gasteiger partial charge in [-0.15, -0.1) is 0 Å². The molecule has 18 heavy (non-hydrogen) atoms. The molecule has 0 aromatic carbocycles. The first-order chi connectivity index (χ1) is 8.51. The maximum absolute atomic E-state index is 12.1. The molecule has 1 N–H and O–H groups in total. The standard InChI is InChI=1S/C12H21F3O.C2H6/c13-12(14,15)7-6-11-4-1-3-10(9-11)5-2-8-16;1-2/h10-11,16H,1-9H2;1-2H3. The lowest BCUT2D eigenvalue weighted by Crippen LogP contribution is -2.18. The number of aliphatic hydroxyl groups is 1. The number of rotatable bonds is 5. The van der Waals surface area contributed by atoms with Crippen LogP contribution in [0, 0.1) is 11.8 Å². The number of alkyl halides is 3. The highest BCUT2D eigenvalue weighted by Crippen LogP contribution is 2.36. The van der Waals surface area contributed by atoms with Crippen LogP contribution in [0.3, 0.4) is 0 Å². The molecule has 0 aromatic rings. The van der Waals surface area contributed by atoms with Gasteiger partial charge in [0.1, 0.15) is 0 Å². The molecule has 0 heterocycles. The molecule has 0 aliphatic heterocycles. The van der Waals surface area contributed by atoms with Crippen molar-refractivity contribution in [2.45, 2.75) is 71.4 Å². The van der Waals surface area contributed by atoms with Crippen molar-refractivity contribution in [1.82, 2.24) is 0 Å². The van der Waals surface area contributed by atoms with Crippen molar-refractivity contribution < 1.29 is 18.3 Å². The van der Waals surface area contributed by atoms with Gasteiger partial charge in [-0.1, -0.05) is 33.1 Å². The van der Waals surface area contributed by atoms with E-state index in [2.05, 4.69) is 0 Å². The van der Waals surface area contributed by atoms with Gasteiger partial charge in [-0.25, -0.2) is 0 Å². The Morgan fingerprint density at radius 3 is 2.11 bits per heavy atom. The van der Waals surface area contributed by atoms with E-state index >= 15 is 0 Å². The largest absolute Gasteiger partial charge is 0.396 e. The quantitative estimate of drug-likeness (QED) is 0.749. The van der Waals surface area contributed by atoms with E-state index in [-0.39, 0.29) is 12.5 Å². The van der Waals surface area contributed by atoms with Crippen LogP contribution in [0.5, 0.6) is 0 Å². The summed E-state index contributed by atoms with van der Waals surface area (Å²) in [6.07, 6.45) is 1.47. The molecule has 0 amide bonds. The van der Waals surface area contributed by atoms with Crippen LogP contribution in [0.15, 0.2) is 0 Å². The maximum atomic E-state index is 12.1. The molecule has 0 aromatic heterocycles. The molecule has 1 saturated carbocycles. The molecule has 1 rings (SSSR count). The van der Waals surface area contributed by atoms with E-state index in [1.807, 2.05) is 13.8 Å². The van der Waals surface area contributed by atoms with Crippen molar-refractivity contribution in [2.75, 3.05) is 6.61 Å². The normalized spacial score (nSPS) is 24.3. The van der Waals surface area contributed by atoms with Crippen molar-refractivity contribution in [2.24, 2.45) is 11.8 Å². The molecular weight excluding hydrogens is 241 g/mol. The molecule has 2 unspecified atom stereocenters. The second-order valence-electron chi connectivity index (χ2n) is 4.92. The van der Waals surface area contributed by atoms with E-state index in [1.54, 1.807) is 0 Å². The molecule has 1 fully saturated rings. The highest BCUT2D eigenvalue weighted by atomic mass is 19.4. The van der Waals surface area contributed by atoms with Crippen LogP contribution in [0.1, 0.15) is 65.2 Å². The molecule has 110 valence electrons. The van der Waals surface area contributed by atoms with Gasteiger partial charge >= 0.3 is 6.18 Å². The first kappa shape index (κ1) is 17.8. The molecule has 1 nitrogen and oxygen atoms in total. The molecule has 0 bridgehead atoms. The lowest BCUT2D eigenvalue weighted by molar-refractivity contribution is -0.138. The third kappa shape index (κ3) is 8.78. The van der Waals surface area contributed by atoms with Gasteiger partial charge in [0.25, 0.3) is 0 Å². The van der Waals surface area contributed by atoms with E-state index in [4.69, 9.17) is 5.11 Å². The number of hydrogen-bond donors (Lipinski definition) is 1. The minimum Gasteiger partial charge on any atom is -0.396 e. The molecule has 2 atom stereocenters. The lowest BCUT2D eigenvalue weighted by atomic mass is 9.77. The molecule has 4 heteroatoms. The van der Waals surface area contributed by atoms with E-state index < -0.39 is 12.6 Å². The highest BCUT2D eigenvalue weighted by Gasteiger charge is 2.30. The zero-order valence-corrected chi connectivity index (χ0v) is 11.6. The van der Waals surface area contributed by atoms with Crippen LogP contribution in [0.4, 0.5) is 13.2 Å². The fourth-order valence-electron chi connectivity index (χ4n) is 2.67. The van der Waals surface area contributed by atoms with Crippen molar-refractivity contribution in [3.8, 4) is 0 Å². The van der Waals surface area contributed by atoms with E-state index in [0.717, 1.165) is 38.5 Å². The molecular formula is C14H27F3O. The average Bonchev–Trinajstić information content (AvgIpc) is 2.36. The summed E-state index contributed by atoms with van der Waals surface area (Å²) in [7, 11) is 0. The van der Waals surface area contributed by atoms with Crippen molar-refractivity contribution >= 4 is 0 Å². The highest BCUT2D eigenvalue weighted by molar-refractivity contribution is 4.74. The predicted octanol–water partition coefficient (Wildman–Crippen LogP) is 4.93. The Labute approximate surface area is 109 Å². The zero-order valence-electron chi connectivity index (χ0n) is 11.6. The Balaban J connectivity index is 0.00000137. The molecule has 1 aliphatic carbocycles. The van der Waals surface area contributed by atoms with Crippen LogP contribution < -0.4 is 0 Å². The lowest BCUT2D eigenvalue weighted by Gasteiger charge is -2.29. The summed E-state index contributed by atoms with van der Waals surface area (Å²) in [6, 6.07) is 0. The van der Waals surface area contributed by atoms with Gasteiger partial charge in [-0.05, 0) is 37.5 Å². The van der Waals surface area contributed by atoms with Gasteiger partial charge in [-0.3, -0.25) is 0 Å². The number of aliphatic hydroxyl groups excluding tert-OH is 1. The first-order valence-electron chi connectivity index (χ1n) is 7.19. The topological polar surface area (TPSA) is 20.2 Å². The Hall–Kier alpha value is -0.250. The number of hydrogen-bond acceptors (Lipinski definition) is 1. The third-order valence-electron chi connectivity index (χ3n) is 3.50. The Morgan fingerprint density at radius 1 is 1.06 bits per heavy atom. The minimum atomic E-state index is -4.00.